The molecule has 3 N–H and O–H groups in total. The first-order valence-electron chi connectivity index (χ1n) is 5.49. The molecule has 0 saturated carbocycles. The van der Waals surface area contributed by atoms with Crippen LogP contribution in [-0.4, -0.2) is 57.6 Å². The third kappa shape index (κ3) is 2.23. The van der Waals surface area contributed by atoms with Gasteiger partial charge in [-0.05, 0) is 6.42 Å². The van der Waals surface area contributed by atoms with Gasteiger partial charge in [-0.2, -0.15) is 0 Å². The Balaban J connectivity index is 2.07. The minimum atomic E-state index is -1.13. The molecule has 2 heterocycles. The van der Waals surface area contributed by atoms with Gasteiger partial charge in [0.15, 0.2) is 0 Å². The molecule has 2 aliphatic heterocycles. The van der Waals surface area contributed by atoms with E-state index in [4.69, 9.17) is 5.11 Å². The van der Waals surface area contributed by atoms with Crippen molar-refractivity contribution in [3.05, 3.63) is 0 Å². The lowest BCUT2D eigenvalue weighted by Crippen LogP contribution is -2.49. The number of aliphatic hydroxyl groups is 1. The maximum absolute atomic E-state index is 12.0. The number of hydrogen-bond donors (Lipinski definition) is 3. The highest BCUT2D eigenvalue weighted by Gasteiger charge is 2.42. The van der Waals surface area contributed by atoms with Gasteiger partial charge in [0.2, 0.25) is 11.8 Å². The second-order valence-corrected chi connectivity index (χ2v) is 4.39. The fourth-order valence-corrected chi connectivity index (χ4v) is 2.29. The Morgan fingerprint density at radius 3 is 2.65 bits per heavy atom. The number of carboxylic acid groups (broad SMARTS) is 1. The number of likely N-dealkylation sites (tertiary alicyclic amines) is 1. The summed E-state index contributed by atoms with van der Waals surface area (Å²) in [6.07, 6.45) is -0.0970. The van der Waals surface area contributed by atoms with Crippen molar-refractivity contribution in [3.63, 3.8) is 0 Å². The van der Waals surface area contributed by atoms with E-state index in [1.807, 2.05) is 0 Å². The van der Waals surface area contributed by atoms with E-state index in [9.17, 15) is 19.5 Å². The first kappa shape index (κ1) is 11.8. The Morgan fingerprint density at radius 1 is 1.41 bits per heavy atom. The number of carboxylic acids is 1. The predicted molar refractivity (Wildman–Crippen MR) is 54.9 cm³/mol. The van der Waals surface area contributed by atoms with Gasteiger partial charge in [-0.25, -0.2) is 4.79 Å². The number of rotatable bonds is 2. The largest absolute Gasteiger partial charge is 0.480 e. The van der Waals surface area contributed by atoms with Crippen molar-refractivity contribution >= 4 is 17.8 Å². The highest BCUT2D eigenvalue weighted by atomic mass is 16.4. The van der Waals surface area contributed by atoms with Crippen LogP contribution in [0.25, 0.3) is 0 Å². The molecule has 7 heteroatoms. The summed E-state index contributed by atoms with van der Waals surface area (Å²) in [5, 5.41) is 20.9. The molecule has 0 aromatic carbocycles. The van der Waals surface area contributed by atoms with Crippen molar-refractivity contribution in [1.29, 1.82) is 0 Å². The van der Waals surface area contributed by atoms with E-state index < -0.39 is 30.1 Å². The topological polar surface area (TPSA) is 107 Å². The molecule has 2 saturated heterocycles. The Bertz CT molecular complexity index is 370. The summed E-state index contributed by atoms with van der Waals surface area (Å²) in [6.45, 7) is 0.0160. The first-order chi connectivity index (χ1) is 7.99. The van der Waals surface area contributed by atoms with Gasteiger partial charge in [-0.3, -0.25) is 9.59 Å². The average Bonchev–Trinajstić information content (AvgIpc) is 2.83. The zero-order valence-corrected chi connectivity index (χ0v) is 9.13. The van der Waals surface area contributed by atoms with E-state index in [1.165, 1.54) is 0 Å². The highest BCUT2D eigenvalue weighted by Crippen LogP contribution is 2.21. The Hall–Kier alpha value is -1.63. The second-order valence-electron chi connectivity index (χ2n) is 4.39. The molecular weight excluding hydrogens is 228 g/mol. The van der Waals surface area contributed by atoms with Crippen molar-refractivity contribution in [1.82, 2.24) is 10.2 Å². The molecule has 0 bridgehead atoms. The van der Waals surface area contributed by atoms with Crippen molar-refractivity contribution in [3.8, 4) is 0 Å². The van der Waals surface area contributed by atoms with E-state index in [2.05, 4.69) is 5.32 Å². The van der Waals surface area contributed by atoms with Gasteiger partial charge in [0.05, 0.1) is 6.10 Å². The number of carbonyl (C=O) groups excluding carboxylic acids is 2. The molecule has 0 spiro atoms. The van der Waals surface area contributed by atoms with Gasteiger partial charge in [-0.1, -0.05) is 0 Å². The molecule has 3 atom stereocenters. The van der Waals surface area contributed by atoms with E-state index in [-0.39, 0.29) is 25.3 Å². The van der Waals surface area contributed by atoms with Crippen LogP contribution in [0.15, 0.2) is 0 Å². The number of aliphatic carboxylic acids is 1. The smallest absolute Gasteiger partial charge is 0.326 e. The fourth-order valence-electron chi connectivity index (χ4n) is 2.29. The zero-order chi connectivity index (χ0) is 12.6. The molecule has 0 aliphatic carbocycles. The van der Waals surface area contributed by atoms with Crippen LogP contribution < -0.4 is 5.32 Å². The molecular formula is C10H14N2O5. The van der Waals surface area contributed by atoms with Crippen LogP contribution >= 0.6 is 0 Å². The molecule has 2 rings (SSSR count). The zero-order valence-electron chi connectivity index (χ0n) is 9.13. The van der Waals surface area contributed by atoms with Gasteiger partial charge >= 0.3 is 5.97 Å². The van der Waals surface area contributed by atoms with Gasteiger partial charge < -0.3 is 20.4 Å². The van der Waals surface area contributed by atoms with E-state index in [0.29, 0.717) is 6.42 Å². The summed E-state index contributed by atoms with van der Waals surface area (Å²) >= 11 is 0. The quantitative estimate of drug-likeness (QED) is 0.535. The van der Waals surface area contributed by atoms with Crippen molar-refractivity contribution in [2.75, 3.05) is 6.54 Å². The standard InChI is InChI=1S/C10H14N2O5/c13-5-3-7(10(16)17)12(4-5)9(15)6-1-2-8(14)11-6/h5-7,13H,1-4H2,(H,11,14)(H,16,17)/t5-,6-,7+/m1/s1. The monoisotopic (exact) mass is 242 g/mol. The van der Waals surface area contributed by atoms with E-state index in [0.717, 1.165) is 4.90 Å². The minimum Gasteiger partial charge on any atom is -0.480 e. The molecule has 2 fully saturated rings. The van der Waals surface area contributed by atoms with E-state index in [1.54, 1.807) is 0 Å². The van der Waals surface area contributed by atoms with Gasteiger partial charge in [-0.15, -0.1) is 0 Å². The molecule has 0 aromatic rings. The summed E-state index contributed by atoms with van der Waals surface area (Å²) in [5.41, 5.74) is 0. The number of β-amino-alcohol motifs (C(OH)–C–C–N with tert-alkyl or cyclic N) is 1. The van der Waals surface area contributed by atoms with Crippen LogP contribution in [-0.2, 0) is 14.4 Å². The molecule has 0 radical (unpaired) electrons. The van der Waals surface area contributed by atoms with Gasteiger partial charge in [0.1, 0.15) is 12.1 Å². The van der Waals surface area contributed by atoms with Gasteiger partial charge in [0.25, 0.3) is 0 Å². The average molecular weight is 242 g/mol. The minimum absolute atomic E-state index is 0.0160. The van der Waals surface area contributed by atoms with Crippen LogP contribution in [0.1, 0.15) is 19.3 Å². The molecule has 94 valence electrons. The van der Waals surface area contributed by atoms with Crippen molar-refractivity contribution in [2.24, 2.45) is 0 Å². The number of amides is 2. The van der Waals surface area contributed by atoms with Crippen LogP contribution in [0, 0.1) is 0 Å². The molecule has 0 unspecified atom stereocenters. The second kappa shape index (κ2) is 4.33. The molecule has 2 amide bonds. The summed E-state index contributed by atoms with van der Waals surface area (Å²) in [4.78, 5) is 35.1. The normalized spacial score (nSPS) is 32.6. The lowest BCUT2D eigenvalue weighted by Gasteiger charge is -2.24. The lowest BCUT2D eigenvalue weighted by molar-refractivity contribution is -0.149. The lowest BCUT2D eigenvalue weighted by atomic mass is 10.1. The van der Waals surface area contributed by atoms with Crippen LogP contribution in [0.5, 0.6) is 0 Å². The molecule has 17 heavy (non-hydrogen) atoms. The fraction of sp³-hybridized carbons (Fsp3) is 0.700. The molecule has 0 aromatic heterocycles. The van der Waals surface area contributed by atoms with Gasteiger partial charge in [0, 0.05) is 19.4 Å². The van der Waals surface area contributed by atoms with E-state index >= 15 is 0 Å². The Kier molecular flexibility index (Phi) is 3.01. The Morgan fingerprint density at radius 2 is 2.12 bits per heavy atom. The number of carbonyl (C=O) groups is 3. The number of aliphatic hydroxyl groups excluding tert-OH is 1. The summed E-state index contributed by atoms with van der Waals surface area (Å²) in [7, 11) is 0. The molecule has 7 nitrogen and oxygen atoms in total. The third-order valence-corrected chi connectivity index (χ3v) is 3.14. The number of nitrogens with one attached hydrogen (secondary N) is 1. The molecule has 2 aliphatic rings. The Labute approximate surface area is 97.4 Å². The summed E-state index contributed by atoms with van der Waals surface area (Å²) in [5.74, 6) is -1.74. The van der Waals surface area contributed by atoms with Crippen LogP contribution in [0.3, 0.4) is 0 Å². The highest BCUT2D eigenvalue weighted by molar-refractivity contribution is 5.93. The first-order valence-corrected chi connectivity index (χ1v) is 5.49. The summed E-state index contributed by atoms with van der Waals surface area (Å²) in [6, 6.07) is -1.63. The third-order valence-electron chi connectivity index (χ3n) is 3.14. The maximum Gasteiger partial charge on any atom is 0.326 e. The predicted octanol–water partition coefficient (Wildman–Crippen LogP) is -1.69. The summed E-state index contributed by atoms with van der Waals surface area (Å²) < 4.78 is 0. The SMILES string of the molecule is O=C1CC[C@H](C(=O)N2C[C@H](O)C[C@H]2C(=O)O)N1. The number of hydrogen-bond acceptors (Lipinski definition) is 4. The maximum atomic E-state index is 12.0. The van der Waals surface area contributed by atoms with Crippen molar-refractivity contribution in [2.45, 2.75) is 37.5 Å². The van der Waals surface area contributed by atoms with Crippen LogP contribution in [0.4, 0.5) is 0 Å². The van der Waals surface area contributed by atoms with Crippen LogP contribution in [0.2, 0.25) is 0 Å². The van der Waals surface area contributed by atoms with Crippen molar-refractivity contribution < 1.29 is 24.6 Å². The number of nitrogens with zero attached hydrogens (tertiary/aromatic N) is 1.